The molecule has 0 saturated carbocycles. The maximum Gasteiger partial charge on any atom is 0.230 e. The first-order chi connectivity index (χ1) is 11.2. The van der Waals surface area contributed by atoms with Crippen LogP contribution in [-0.4, -0.2) is 11.7 Å². The minimum absolute atomic E-state index is 0.142. The summed E-state index contributed by atoms with van der Waals surface area (Å²) in [4.78, 5) is 12.2. The predicted octanol–water partition coefficient (Wildman–Crippen LogP) is 4.42. The number of thioether (sulfide) groups is 1. The maximum atomic E-state index is 12.2. The molecule has 2 aromatic carbocycles. The van der Waals surface area contributed by atoms with Crippen LogP contribution in [0.5, 0.6) is 0 Å². The van der Waals surface area contributed by atoms with Gasteiger partial charge in [0.05, 0.1) is 11.8 Å². The number of aryl methyl sites for hydroxylation is 2. The van der Waals surface area contributed by atoms with Gasteiger partial charge in [-0.2, -0.15) is 0 Å². The Morgan fingerprint density at radius 2 is 1.96 bits per heavy atom. The number of rotatable bonds is 5. The smallest absolute Gasteiger partial charge is 0.230 e. The van der Waals surface area contributed by atoms with E-state index in [1.54, 1.807) is 11.8 Å². The van der Waals surface area contributed by atoms with Gasteiger partial charge < -0.3 is 5.32 Å². The van der Waals surface area contributed by atoms with E-state index < -0.39 is 0 Å². The van der Waals surface area contributed by atoms with Crippen LogP contribution in [0.25, 0.3) is 0 Å². The van der Waals surface area contributed by atoms with Crippen LogP contribution < -0.4 is 5.32 Å². The van der Waals surface area contributed by atoms with E-state index in [1.807, 2.05) is 0 Å². The molecule has 1 aliphatic carbocycles. The fraction of sp³-hybridized carbons (Fsp3) is 0.350. The van der Waals surface area contributed by atoms with Crippen LogP contribution in [0.1, 0.15) is 41.1 Å². The van der Waals surface area contributed by atoms with Crippen molar-refractivity contribution in [3.63, 3.8) is 0 Å². The average molecular weight is 325 g/mol. The molecule has 2 nitrogen and oxygen atoms in total. The van der Waals surface area contributed by atoms with Gasteiger partial charge in [-0.25, -0.2) is 0 Å². The number of benzene rings is 2. The molecule has 0 spiro atoms. The molecule has 0 aliphatic heterocycles. The van der Waals surface area contributed by atoms with Crippen LogP contribution in [0.2, 0.25) is 0 Å². The second-order valence-electron chi connectivity index (χ2n) is 6.19. The molecule has 0 fully saturated rings. The van der Waals surface area contributed by atoms with Crippen molar-refractivity contribution in [2.45, 2.75) is 38.0 Å². The zero-order chi connectivity index (χ0) is 16.1. The number of hydrogen-bond acceptors (Lipinski definition) is 2. The molecule has 2 aromatic rings. The van der Waals surface area contributed by atoms with Gasteiger partial charge in [-0.05, 0) is 42.9 Å². The largest absolute Gasteiger partial charge is 0.349 e. The van der Waals surface area contributed by atoms with Gasteiger partial charge in [0.2, 0.25) is 5.91 Å². The Balaban J connectivity index is 1.49. The van der Waals surface area contributed by atoms with E-state index in [4.69, 9.17) is 0 Å². The molecular weight excluding hydrogens is 302 g/mol. The summed E-state index contributed by atoms with van der Waals surface area (Å²) in [5, 5.41) is 3.21. The summed E-state index contributed by atoms with van der Waals surface area (Å²) >= 11 is 1.68. The van der Waals surface area contributed by atoms with E-state index >= 15 is 0 Å². The van der Waals surface area contributed by atoms with Crippen LogP contribution in [0, 0.1) is 6.92 Å². The summed E-state index contributed by atoms with van der Waals surface area (Å²) in [6, 6.07) is 17.2. The lowest BCUT2D eigenvalue weighted by Gasteiger charge is -2.26. The van der Waals surface area contributed by atoms with Gasteiger partial charge in [-0.15, -0.1) is 11.8 Å². The molecule has 120 valence electrons. The van der Waals surface area contributed by atoms with Gasteiger partial charge in [0, 0.05) is 5.75 Å². The highest BCUT2D eigenvalue weighted by Crippen LogP contribution is 2.29. The molecule has 3 heteroatoms. The molecule has 3 rings (SSSR count). The molecule has 1 N–H and O–H groups in total. The zero-order valence-corrected chi connectivity index (χ0v) is 14.4. The van der Waals surface area contributed by atoms with Crippen molar-refractivity contribution in [3.8, 4) is 0 Å². The van der Waals surface area contributed by atoms with E-state index in [1.165, 1.54) is 22.3 Å². The summed E-state index contributed by atoms with van der Waals surface area (Å²) < 4.78 is 0. The third kappa shape index (κ3) is 4.38. The Hall–Kier alpha value is -1.74. The molecule has 0 saturated heterocycles. The van der Waals surface area contributed by atoms with Gasteiger partial charge in [-0.1, -0.05) is 54.1 Å². The summed E-state index contributed by atoms with van der Waals surface area (Å²) in [5.41, 5.74) is 5.23. The monoisotopic (exact) mass is 325 g/mol. The van der Waals surface area contributed by atoms with Crippen molar-refractivity contribution in [3.05, 3.63) is 70.8 Å². The minimum atomic E-state index is 0.142. The van der Waals surface area contributed by atoms with Crippen LogP contribution in [0.4, 0.5) is 0 Å². The first-order valence-corrected chi connectivity index (χ1v) is 9.38. The molecule has 0 heterocycles. The summed E-state index contributed by atoms with van der Waals surface area (Å²) in [7, 11) is 0. The number of amides is 1. The van der Waals surface area contributed by atoms with Crippen molar-refractivity contribution in [1.29, 1.82) is 0 Å². The van der Waals surface area contributed by atoms with E-state index in [2.05, 4.69) is 60.8 Å². The van der Waals surface area contributed by atoms with Gasteiger partial charge in [0.15, 0.2) is 0 Å². The molecule has 0 bridgehead atoms. The minimum Gasteiger partial charge on any atom is -0.349 e. The fourth-order valence-electron chi connectivity index (χ4n) is 3.09. The Morgan fingerprint density at radius 1 is 1.17 bits per heavy atom. The van der Waals surface area contributed by atoms with Crippen LogP contribution in [0.15, 0.2) is 48.5 Å². The van der Waals surface area contributed by atoms with E-state index in [0.29, 0.717) is 5.75 Å². The topological polar surface area (TPSA) is 29.1 Å². The summed E-state index contributed by atoms with van der Waals surface area (Å²) in [6.45, 7) is 2.09. The standard InChI is InChI=1S/C20H23NOS/c1-15-9-11-16(12-10-15)13-23-14-20(22)21-19-8-4-6-17-5-2-3-7-18(17)19/h2-3,5,7,9-12,19H,4,6,8,13-14H2,1H3,(H,21,22)/t19-/m0/s1. The first kappa shape index (κ1) is 16.1. The van der Waals surface area contributed by atoms with Crippen molar-refractivity contribution >= 4 is 17.7 Å². The Labute approximate surface area is 142 Å². The maximum absolute atomic E-state index is 12.2. The van der Waals surface area contributed by atoms with Crippen LogP contribution in [-0.2, 0) is 17.0 Å². The van der Waals surface area contributed by atoms with Gasteiger partial charge in [-0.3, -0.25) is 4.79 Å². The molecule has 23 heavy (non-hydrogen) atoms. The lowest BCUT2D eigenvalue weighted by molar-refractivity contribution is -0.119. The summed E-state index contributed by atoms with van der Waals surface area (Å²) in [6.07, 6.45) is 3.33. The van der Waals surface area contributed by atoms with Crippen LogP contribution >= 0.6 is 11.8 Å². The van der Waals surface area contributed by atoms with Gasteiger partial charge >= 0.3 is 0 Å². The number of fused-ring (bicyclic) bond motifs is 1. The SMILES string of the molecule is Cc1ccc(CSCC(=O)N[C@H]2CCCc3ccccc32)cc1. The molecule has 0 aromatic heterocycles. The zero-order valence-electron chi connectivity index (χ0n) is 13.5. The van der Waals surface area contributed by atoms with Crippen molar-refractivity contribution < 1.29 is 4.79 Å². The quantitative estimate of drug-likeness (QED) is 0.881. The van der Waals surface area contributed by atoms with Crippen molar-refractivity contribution in [1.82, 2.24) is 5.32 Å². The van der Waals surface area contributed by atoms with Gasteiger partial charge in [0.25, 0.3) is 0 Å². The molecular formula is C20H23NOS. The van der Waals surface area contributed by atoms with E-state index in [-0.39, 0.29) is 11.9 Å². The normalized spacial score (nSPS) is 16.7. The first-order valence-electron chi connectivity index (χ1n) is 8.23. The number of carbonyl (C=O) groups is 1. The Kier molecular flexibility index (Phi) is 5.39. The predicted molar refractivity (Wildman–Crippen MR) is 97.6 cm³/mol. The third-order valence-corrected chi connectivity index (χ3v) is 5.33. The second-order valence-corrected chi connectivity index (χ2v) is 7.18. The van der Waals surface area contributed by atoms with Crippen molar-refractivity contribution in [2.24, 2.45) is 0 Å². The lowest BCUT2D eigenvalue weighted by atomic mass is 9.88. The fourth-order valence-corrected chi connectivity index (χ4v) is 3.88. The van der Waals surface area contributed by atoms with Gasteiger partial charge in [0.1, 0.15) is 0 Å². The van der Waals surface area contributed by atoms with Crippen molar-refractivity contribution in [2.75, 3.05) is 5.75 Å². The van der Waals surface area contributed by atoms with E-state index in [0.717, 1.165) is 25.0 Å². The van der Waals surface area contributed by atoms with Crippen LogP contribution in [0.3, 0.4) is 0 Å². The lowest BCUT2D eigenvalue weighted by Crippen LogP contribution is -2.32. The molecule has 0 radical (unpaired) electrons. The highest BCUT2D eigenvalue weighted by Gasteiger charge is 2.21. The highest BCUT2D eigenvalue weighted by atomic mass is 32.2. The molecule has 1 amide bonds. The molecule has 1 atom stereocenters. The molecule has 0 unspecified atom stereocenters. The number of carbonyl (C=O) groups excluding carboxylic acids is 1. The second kappa shape index (κ2) is 7.69. The number of nitrogens with one attached hydrogen (secondary N) is 1. The Bertz CT molecular complexity index is 666. The Morgan fingerprint density at radius 3 is 2.78 bits per heavy atom. The van der Waals surface area contributed by atoms with E-state index in [9.17, 15) is 4.79 Å². The number of hydrogen-bond donors (Lipinski definition) is 1. The summed E-state index contributed by atoms with van der Waals surface area (Å²) in [5.74, 6) is 1.55. The third-order valence-electron chi connectivity index (χ3n) is 4.33. The molecule has 1 aliphatic rings. The average Bonchev–Trinajstić information content (AvgIpc) is 2.57. The highest BCUT2D eigenvalue weighted by molar-refractivity contribution is 7.99.